The second-order valence-corrected chi connectivity index (χ2v) is 10.5. The largest absolute Gasteiger partial charge is 0.462 e. The van der Waals surface area contributed by atoms with Gasteiger partial charge < -0.3 is 14.6 Å². The average molecular weight is 463 g/mol. The van der Waals surface area contributed by atoms with Gasteiger partial charge in [-0.2, -0.15) is 0 Å². The van der Waals surface area contributed by atoms with Crippen molar-refractivity contribution in [3.63, 3.8) is 0 Å². The van der Waals surface area contributed by atoms with Gasteiger partial charge >= 0.3 is 5.97 Å². The van der Waals surface area contributed by atoms with Crippen molar-refractivity contribution in [2.45, 2.75) is 82.8 Å². The number of carbonyl (C=O) groups is 2. The molecule has 2 aliphatic carbocycles. The highest BCUT2D eigenvalue weighted by Crippen LogP contribution is 2.41. The number of aryl methyl sites for hydroxylation is 1. The molecule has 1 saturated carbocycles. The molecule has 2 aromatic heterocycles. The number of rotatable bonds is 8. The second kappa shape index (κ2) is 9.73. The minimum absolute atomic E-state index is 0.141. The van der Waals surface area contributed by atoms with Crippen molar-refractivity contribution in [1.29, 1.82) is 0 Å². The van der Waals surface area contributed by atoms with Crippen LogP contribution in [0.15, 0.2) is 5.16 Å². The normalized spacial score (nSPS) is 16.1. The number of aromatic nitrogens is 3. The van der Waals surface area contributed by atoms with Crippen molar-refractivity contribution in [2.75, 3.05) is 17.7 Å². The van der Waals surface area contributed by atoms with E-state index in [-0.39, 0.29) is 23.7 Å². The Morgan fingerprint density at radius 1 is 1.23 bits per heavy atom. The summed E-state index contributed by atoms with van der Waals surface area (Å²) in [4.78, 5) is 26.7. The van der Waals surface area contributed by atoms with Crippen LogP contribution >= 0.6 is 23.1 Å². The first-order chi connectivity index (χ1) is 15.0. The van der Waals surface area contributed by atoms with E-state index >= 15 is 0 Å². The molecule has 9 heteroatoms. The molecule has 168 valence electrons. The molecule has 4 rings (SSSR count). The topological polar surface area (TPSA) is 86.1 Å². The van der Waals surface area contributed by atoms with Crippen LogP contribution in [0.5, 0.6) is 0 Å². The van der Waals surface area contributed by atoms with Gasteiger partial charge in [-0.05, 0) is 64.9 Å². The number of thiophene rings is 1. The number of fused-ring (bicyclic) bond motifs is 1. The zero-order valence-corrected chi connectivity index (χ0v) is 20.0. The molecule has 0 saturated heterocycles. The van der Waals surface area contributed by atoms with Crippen LogP contribution in [-0.4, -0.2) is 39.0 Å². The van der Waals surface area contributed by atoms with Gasteiger partial charge in [-0.3, -0.25) is 4.79 Å². The van der Waals surface area contributed by atoms with Gasteiger partial charge in [0.2, 0.25) is 5.91 Å². The lowest BCUT2D eigenvalue weighted by Crippen LogP contribution is -2.17. The summed E-state index contributed by atoms with van der Waals surface area (Å²) in [5, 5.41) is 13.1. The van der Waals surface area contributed by atoms with E-state index in [0.29, 0.717) is 23.1 Å². The molecule has 2 heterocycles. The van der Waals surface area contributed by atoms with Crippen LogP contribution in [-0.2, 0) is 22.4 Å². The van der Waals surface area contributed by atoms with Gasteiger partial charge in [0.1, 0.15) is 10.8 Å². The van der Waals surface area contributed by atoms with E-state index in [2.05, 4.69) is 33.9 Å². The van der Waals surface area contributed by atoms with Crippen molar-refractivity contribution in [3.8, 4) is 0 Å². The Balaban J connectivity index is 1.48. The van der Waals surface area contributed by atoms with Crippen LogP contribution in [0.2, 0.25) is 0 Å². The fraction of sp³-hybridized carbons (Fsp3) is 0.636. The highest BCUT2D eigenvalue weighted by atomic mass is 32.2. The summed E-state index contributed by atoms with van der Waals surface area (Å²) in [5.41, 5.74) is 1.63. The Morgan fingerprint density at radius 3 is 2.71 bits per heavy atom. The number of hydrogen-bond donors (Lipinski definition) is 1. The Kier molecular flexibility index (Phi) is 7.01. The third-order valence-corrected chi connectivity index (χ3v) is 7.79. The number of thioether (sulfide) groups is 1. The van der Waals surface area contributed by atoms with Crippen molar-refractivity contribution < 1.29 is 14.3 Å². The highest BCUT2D eigenvalue weighted by molar-refractivity contribution is 7.99. The molecule has 0 unspecified atom stereocenters. The van der Waals surface area contributed by atoms with Crippen LogP contribution in [0.25, 0.3) is 0 Å². The number of amides is 1. The van der Waals surface area contributed by atoms with Gasteiger partial charge in [-0.25, -0.2) is 4.79 Å². The molecule has 2 aromatic rings. The monoisotopic (exact) mass is 462 g/mol. The zero-order valence-electron chi connectivity index (χ0n) is 18.4. The first-order valence-electron chi connectivity index (χ1n) is 11.2. The first-order valence-corrected chi connectivity index (χ1v) is 13.0. The maximum absolute atomic E-state index is 12.8. The predicted octanol–water partition coefficient (Wildman–Crippen LogP) is 4.97. The Bertz CT molecular complexity index is 962. The van der Waals surface area contributed by atoms with E-state index in [9.17, 15) is 9.59 Å². The summed E-state index contributed by atoms with van der Waals surface area (Å²) in [6.07, 6.45) is 7.50. The molecule has 2 aliphatic rings. The fourth-order valence-electron chi connectivity index (χ4n) is 4.03. The van der Waals surface area contributed by atoms with Crippen molar-refractivity contribution in [2.24, 2.45) is 0 Å². The van der Waals surface area contributed by atoms with E-state index < -0.39 is 0 Å². The second-order valence-electron chi connectivity index (χ2n) is 8.40. The molecule has 0 aromatic carbocycles. The number of esters is 1. The van der Waals surface area contributed by atoms with Gasteiger partial charge in [0.15, 0.2) is 5.16 Å². The SMILES string of the molecule is CCOC(=O)c1c(NC(=O)CSc2nnc(C3CC3)n2C(C)C)sc2c1CCCCC2. The van der Waals surface area contributed by atoms with Crippen molar-refractivity contribution >= 4 is 40.0 Å². The zero-order chi connectivity index (χ0) is 22.0. The number of nitrogens with one attached hydrogen (secondary N) is 1. The Labute approximate surface area is 191 Å². The minimum Gasteiger partial charge on any atom is -0.462 e. The molecule has 7 nitrogen and oxygen atoms in total. The molecule has 1 fully saturated rings. The van der Waals surface area contributed by atoms with E-state index in [0.717, 1.165) is 55.1 Å². The van der Waals surface area contributed by atoms with Crippen molar-refractivity contribution in [3.05, 3.63) is 21.8 Å². The van der Waals surface area contributed by atoms with E-state index in [4.69, 9.17) is 4.74 Å². The molecule has 0 atom stereocenters. The molecular formula is C22H30N4O3S2. The van der Waals surface area contributed by atoms with Gasteiger partial charge in [0.05, 0.1) is 17.9 Å². The lowest BCUT2D eigenvalue weighted by molar-refractivity contribution is -0.113. The average Bonchev–Trinajstić information content (AvgIpc) is 3.45. The summed E-state index contributed by atoms with van der Waals surface area (Å²) in [6, 6.07) is 0.250. The van der Waals surface area contributed by atoms with E-state index in [1.54, 1.807) is 6.92 Å². The molecule has 0 spiro atoms. The van der Waals surface area contributed by atoms with E-state index in [1.165, 1.54) is 34.4 Å². The Morgan fingerprint density at radius 2 is 2.00 bits per heavy atom. The van der Waals surface area contributed by atoms with Gasteiger partial charge in [-0.1, -0.05) is 18.2 Å². The van der Waals surface area contributed by atoms with Crippen LogP contribution in [0.3, 0.4) is 0 Å². The molecule has 0 radical (unpaired) electrons. The molecule has 31 heavy (non-hydrogen) atoms. The van der Waals surface area contributed by atoms with Gasteiger partial charge in [-0.15, -0.1) is 21.5 Å². The van der Waals surface area contributed by atoms with Crippen LogP contribution in [0.4, 0.5) is 5.00 Å². The fourth-order valence-corrected chi connectivity index (χ4v) is 6.20. The molecule has 0 bridgehead atoms. The lowest BCUT2D eigenvalue weighted by atomic mass is 10.1. The number of carbonyl (C=O) groups excluding carboxylic acids is 2. The molecule has 1 amide bonds. The summed E-state index contributed by atoms with van der Waals surface area (Å²) in [6.45, 7) is 6.35. The van der Waals surface area contributed by atoms with E-state index in [1.807, 2.05) is 0 Å². The number of nitrogens with zero attached hydrogens (tertiary/aromatic N) is 3. The van der Waals surface area contributed by atoms with Gasteiger partial charge in [0, 0.05) is 16.8 Å². The lowest BCUT2D eigenvalue weighted by Gasteiger charge is -2.13. The van der Waals surface area contributed by atoms with Crippen LogP contribution in [0.1, 0.15) is 91.5 Å². The number of ether oxygens (including phenoxy) is 1. The van der Waals surface area contributed by atoms with Crippen LogP contribution < -0.4 is 5.32 Å². The highest BCUT2D eigenvalue weighted by Gasteiger charge is 2.31. The third-order valence-electron chi connectivity index (χ3n) is 5.64. The predicted molar refractivity (Wildman–Crippen MR) is 123 cm³/mol. The maximum Gasteiger partial charge on any atom is 0.341 e. The third kappa shape index (κ3) is 4.98. The van der Waals surface area contributed by atoms with Gasteiger partial charge in [0.25, 0.3) is 0 Å². The summed E-state index contributed by atoms with van der Waals surface area (Å²) in [5.74, 6) is 1.29. The Hall–Kier alpha value is -1.87. The number of hydrogen-bond acceptors (Lipinski definition) is 7. The van der Waals surface area contributed by atoms with Crippen LogP contribution in [0, 0.1) is 0 Å². The number of anilines is 1. The minimum atomic E-state index is -0.335. The smallest absolute Gasteiger partial charge is 0.341 e. The van der Waals surface area contributed by atoms with Crippen molar-refractivity contribution in [1.82, 2.24) is 14.8 Å². The maximum atomic E-state index is 12.8. The molecule has 0 aliphatic heterocycles. The quantitative estimate of drug-likeness (QED) is 0.338. The molecular weight excluding hydrogens is 432 g/mol. The standard InChI is InChI=1S/C22H30N4O3S2/c1-4-29-21(28)18-15-8-6-5-7-9-16(15)31-20(18)23-17(27)12-30-22-25-24-19(14-10-11-14)26(22)13(2)3/h13-14H,4-12H2,1-3H3,(H,23,27). The molecule has 1 N–H and O–H groups in total. The summed E-state index contributed by atoms with van der Waals surface area (Å²) >= 11 is 2.93. The summed E-state index contributed by atoms with van der Waals surface area (Å²) < 4.78 is 7.45. The summed E-state index contributed by atoms with van der Waals surface area (Å²) in [7, 11) is 0. The first kappa shape index (κ1) is 22.3.